The molecule has 0 radical (unpaired) electrons. The fraction of sp³-hybridized carbons (Fsp3) is 0.270. The van der Waals surface area contributed by atoms with Gasteiger partial charge in [-0.1, -0.05) is 24.3 Å². The van der Waals surface area contributed by atoms with E-state index in [1.54, 1.807) is 19.1 Å². The summed E-state index contributed by atoms with van der Waals surface area (Å²) in [6.45, 7) is 13.9. The molecule has 0 spiro atoms. The molecule has 0 saturated carbocycles. The van der Waals surface area contributed by atoms with Crippen molar-refractivity contribution in [3.8, 4) is 39.7 Å². The number of phenols is 3. The number of aromatic carboxylic acids is 1. The molecule has 10 heteroatoms. The molecule has 5 rings (SSSR count). The molecular weight excluding hydrogens is 600 g/mol. The van der Waals surface area contributed by atoms with Crippen molar-refractivity contribution in [3.63, 3.8) is 0 Å². The van der Waals surface area contributed by atoms with Gasteiger partial charge in [-0.3, -0.25) is 0 Å². The highest BCUT2D eigenvalue weighted by Crippen LogP contribution is 2.42. The molecule has 47 heavy (non-hydrogen) atoms. The lowest BCUT2D eigenvalue weighted by Gasteiger charge is -2.23. The monoisotopic (exact) mass is 640 g/mol. The molecule has 0 atom stereocenters. The smallest absolute Gasteiger partial charge is 0.338 e. The van der Waals surface area contributed by atoms with E-state index in [0.29, 0.717) is 5.56 Å². The fourth-order valence-corrected chi connectivity index (χ4v) is 5.54. The van der Waals surface area contributed by atoms with Crippen LogP contribution in [0.5, 0.6) is 17.2 Å². The van der Waals surface area contributed by atoms with Crippen LogP contribution in [0, 0.1) is 0 Å². The van der Waals surface area contributed by atoms with Gasteiger partial charge >= 0.3 is 5.97 Å². The third-order valence-corrected chi connectivity index (χ3v) is 7.94. The van der Waals surface area contributed by atoms with Crippen molar-refractivity contribution in [1.82, 2.24) is 4.58 Å². The molecule has 3 aromatic rings. The van der Waals surface area contributed by atoms with E-state index in [9.17, 15) is 14.7 Å². The first-order chi connectivity index (χ1) is 22.6. The number of carboxylic acid groups (broad SMARTS) is 1. The molecule has 1 aliphatic carbocycles. The van der Waals surface area contributed by atoms with Gasteiger partial charge in [0.2, 0.25) is 5.36 Å². The average Bonchev–Trinajstić information content (AvgIpc) is 3.07. The molecule has 2 aliphatic rings. The third-order valence-electron chi connectivity index (χ3n) is 7.94. The van der Waals surface area contributed by atoms with E-state index in [1.165, 1.54) is 0 Å². The van der Waals surface area contributed by atoms with Crippen molar-refractivity contribution in [2.24, 2.45) is 0 Å². The highest BCUT2D eigenvalue weighted by atomic mass is 16.5. The zero-order valence-corrected chi connectivity index (χ0v) is 27.2. The quantitative estimate of drug-likeness (QED) is 0.0856. The van der Waals surface area contributed by atoms with Gasteiger partial charge in [0.25, 0.3) is 0 Å². The van der Waals surface area contributed by atoms with Crippen LogP contribution in [-0.2, 0) is 4.74 Å². The summed E-state index contributed by atoms with van der Waals surface area (Å²) < 4.78 is 13.4. The van der Waals surface area contributed by atoms with Gasteiger partial charge in [-0.15, -0.1) is 0 Å². The summed E-state index contributed by atoms with van der Waals surface area (Å²) in [4.78, 5) is 25.4. The van der Waals surface area contributed by atoms with Gasteiger partial charge < -0.3 is 39.3 Å². The van der Waals surface area contributed by atoms with Crippen molar-refractivity contribution in [2.75, 3.05) is 37.7 Å². The van der Waals surface area contributed by atoms with Crippen LogP contribution < -0.4 is 19.9 Å². The molecule has 0 aromatic heterocycles. The Morgan fingerprint density at radius 1 is 0.830 bits per heavy atom. The van der Waals surface area contributed by atoms with E-state index in [-0.39, 0.29) is 17.7 Å². The van der Waals surface area contributed by atoms with E-state index >= 15 is 0 Å². The maximum absolute atomic E-state index is 12.0. The van der Waals surface area contributed by atoms with Gasteiger partial charge in [-0.2, -0.15) is 0 Å². The van der Waals surface area contributed by atoms with Gasteiger partial charge in [0.15, 0.2) is 17.2 Å². The number of nitrogens with zero attached hydrogens (tertiary/aromatic N) is 2. The Morgan fingerprint density at radius 2 is 1.49 bits per heavy atom. The van der Waals surface area contributed by atoms with Gasteiger partial charge in [-0.25, -0.2) is 9.37 Å². The minimum Gasteiger partial charge on any atom is -0.545 e. The summed E-state index contributed by atoms with van der Waals surface area (Å²) in [5.41, 5.74) is 4.33. The average molecular weight is 641 g/mol. The number of hydrogen-bond acceptors (Lipinski definition) is 9. The molecule has 10 nitrogen and oxygen atoms in total. The molecule has 0 fully saturated rings. The first-order valence-electron chi connectivity index (χ1n) is 15.6. The Labute approximate surface area is 273 Å². The molecule has 3 N–H and O–H groups in total. The zero-order valence-electron chi connectivity index (χ0n) is 27.2. The second-order valence-corrected chi connectivity index (χ2v) is 10.6. The van der Waals surface area contributed by atoms with Crippen LogP contribution in [0.1, 0.15) is 55.3 Å². The number of phenolic OH excluding ortho intramolecular Hbond substituents is 3. The van der Waals surface area contributed by atoms with Gasteiger partial charge in [0.05, 0.1) is 24.2 Å². The Bertz CT molecular complexity index is 1910. The second-order valence-electron chi connectivity index (χ2n) is 10.6. The van der Waals surface area contributed by atoms with Crippen LogP contribution in [-0.4, -0.2) is 60.0 Å². The number of carbonyl (C=O) groups excluding carboxylic acids is 2. The SMILES string of the molecule is CCN(CC)c1ccc2c(-c3ccccc3C(=O)[O-])c3ccc(=[N+](CC)CC)cc-3oc2c1.CCOC(=O)c1cc(O)c(O)c(O)c1. The lowest BCUT2D eigenvalue weighted by molar-refractivity contribution is -0.254. The largest absolute Gasteiger partial charge is 0.545 e. The van der Waals surface area contributed by atoms with Gasteiger partial charge in [-0.05, 0) is 70.5 Å². The number of aromatic hydroxyl groups is 3. The number of ether oxygens (including phenoxy) is 1. The first-order valence-corrected chi connectivity index (χ1v) is 15.6. The maximum Gasteiger partial charge on any atom is 0.338 e. The second kappa shape index (κ2) is 15.2. The third kappa shape index (κ3) is 7.33. The molecular formula is C37H40N2O8. The van der Waals surface area contributed by atoms with Crippen LogP contribution in [0.3, 0.4) is 0 Å². The van der Waals surface area contributed by atoms with Crippen LogP contribution in [0.4, 0.5) is 5.69 Å². The zero-order chi connectivity index (χ0) is 34.2. The summed E-state index contributed by atoms with van der Waals surface area (Å²) in [7, 11) is 0. The Morgan fingerprint density at radius 3 is 2.09 bits per heavy atom. The number of esters is 1. The molecule has 0 unspecified atom stereocenters. The number of carbonyl (C=O) groups is 2. The summed E-state index contributed by atoms with van der Waals surface area (Å²) in [6.07, 6.45) is 0. The lowest BCUT2D eigenvalue weighted by atomic mass is 9.90. The topological polar surface area (TPSA) is 147 Å². The van der Waals surface area contributed by atoms with Crippen molar-refractivity contribution < 1.29 is 39.2 Å². The number of rotatable bonds is 9. The van der Waals surface area contributed by atoms with Crippen LogP contribution >= 0.6 is 0 Å². The number of fused-ring (bicyclic) bond motifs is 2. The Balaban J connectivity index is 0.000000300. The predicted octanol–water partition coefficient (Wildman–Crippen LogP) is 5.21. The number of carboxylic acids is 1. The van der Waals surface area contributed by atoms with Crippen LogP contribution in [0.2, 0.25) is 0 Å². The molecule has 246 valence electrons. The van der Waals surface area contributed by atoms with Gasteiger partial charge in [0.1, 0.15) is 24.4 Å². The molecule has 1 aliphatic heterocycles. The standard InChI is InChI=1S/C28H30N2O3.C9H10O5/c1-5-29(6-2)19-13-15-23-25(17-19)33-26-18-20(30(7-3)8-4)14-16-24(26)27(23)21-11-9-10-12-22(21)28(31)32;1-2-14-9(13)5-3-6(10)8(12)7(11)4-5/h9-18H,5-8H2,1-4H3;3-4,10-12H,2H2,1H3. The normalized spacial score (nSPS) is 10.7. The summed E-state index contributed by atoms with van der Waals surface area (Å²) in [5.74, 6) is -2.91. The number of hydrogen-bond donors (Lipinski definition) is 3. The minimum atomic E-state index is -1.19. The summed E-state index contributed by atoms with van der Waals surface area (Å²) in [5, 5.41) is 41.1. The lowest BCUT2D eigenvalue weighted by Crippen LogP contribution is -2.29. The fourth-order valence-electron chi connectivity index (χ4n) is 5.54. The van der Waals surface area contributed by atoms with E-state index in [4.69, 9.17) is 19.7 Å². The summed E-state index contributed by atoms with van der Waals surface area (Å²) in [6, 6.07) is 21.4. The highest BCUT2D eigenvalue weighted by Gasteiger charge is 2.21. The molecule has 3 aromatic carbocycles. The predicted molar refractivity (Wildman–Crippen MR) is 180 cm³/mol. The van der Waals surface area contributed by atoms with Gasteiger partial charge in [0, 0.05) is 53.0 Å². The number of benzene rings is 4. The van der Waals surface area contributed by atoms with E-state index in [1.807, 2.05) is 24.3 Å². The van der Waals surface area contributed by atoms with Crippen LogP contribution in [0.15, 0.2) is 77.2 Å². The molecule has 0 saturated heterocycles. The highest BCUT2D eigenvalue weighted by molar-refractivity contribution is 6.07. The van der Waals surface area contributed by atoms with Crippen molar-refractivity contribution in [1.29, 1.82) is 0 Å². The maximum atomic E-state index is 12.0. The molecule has 0 bridgehead atoms. The Kier molecular flexibility index (Phi) is 11.1. The van der Waals surface area contributed by atoms with E-state index in [2.05, 4.69) is 66.2 Å². The van der Waals surface area contributed by atoms with Crippen molar-refractivity contribution >= 4 is 28.6 Å². The Hall–Kier alpha value is -5.51. The molecule has 0 amide bonds. The van der Waals surface area contributed by atoms with Crippen molar-refractivity contribution in [3.05, 3.63) is 89.3 Å². The summed E-state index contributed by atoms with van der Waals surface area (Å²) >= 11 is 0. The van der Waals surface area contributed by atoms with E-state index in [0.717, 1.165) is 77.2 Å². The number of anilines is 1. The van der Waals surface area contributed by atoms with E-state index < -0.39 is 29.2 Å². The molecule has 1 heterocycles. The van der Waals surface area contributed by atoms with Crippen LogP contribution in [0.25, 0.3) is 33.4 Å². The van der Waals surface area contributed by atoms with Crippen molar-refractivity contribution in [2.45, 2.75) is 34.6 Å². The first kappa shape index (κ1) is 34.4. The minimum absolute atomic E-state index is 0.0142.